The van der Waals surface area contributed by atoms with Crippen LogP contribution >= 0.6 is 11.6 Å². The molecule has 1 saturated heterocycles. The van der Waals surface area contributed by atoms with Crippen LogP contribution in [0, 0.1) is 0 Å². The fourth-order valence-corrected chi connectivity index (χ4v) is 2.41. The van der Waals surface area contributed by atoms with E-state index < -0.39 is 0 Å². The molecule has 0 unspecified atom stereocenters. The van der Waals surface area contributed by atoms with E-state index in [1.54, 1.807) is 6.20 Å². The van der Waals surface area contributed by atoms with Gasteiger partial charge in [-0.05, 0) is 25.6 Å². The first-order chi connectivity index (χ1) is 8.70. The van der Waals surface area contributed by atoms with Gasteiger partial charge < -0.3 is 9.80 Å². The van der Waals surface area contributed by atoms with Crippen molar-refractivity contribution >= 4 is 17.3 Å². The molecule has 0 amide bonds. The maximum absolute atomic E-state index is 5.99. The molecule has 1 aromatic heterocycles. The molecular formula is C14H20ClN3. The third-order valence-electron chi connectivity index (χ3n) is 3.26. The van der Waals surface area contributed by atoms with Gasteiger partial charge in [-0.1, -0.05) is 24.6 Å². The number of rotatable bonds is 3. The van der Waals surface area contributed by atoms with Crippen LogP contribution in [0.5, 0.6) is 0 Å². The van der Waals surface area contributed by atoms with Crippen molar-refractivity contribution in [2.24, 2.45) is 0 Å². The van der Waals surface area contributed by atoms with Gasteiger partial charge in [-0.3, -0.25) is 0 Å². The fraction of sp³-hybridized carbons (Fsp3) is 0.500. The highest BCUT2D eigenvalue weighted by Gasteiger charge is 2.17. The Kier molecular flexibility index (Phi) is 4.61. The standard InChI is InChI=1S/C14H20ClN3/c1-3-4-13(12-5-6-16-14(15)11-12)18-9-7-17(2)8-10-18/h4-6,11H,3,7-10H2,1-2H3. The second-order valence-electron chi connectivity index (χ2n) is 4.66. The van der Waals surface area contributed by atoms with E-state index in [0.717, 1.165) is 32.6 Å². The molecule has 0 saturated carbocycles. The summed E-state index contributed by atoms with van der Waals surface area (Å²) in [5, 5.41) is 0.559. The first-order valence-electron chi connectivity index (χ1n) is 6.46. The van der Waals surface area contributed by atoms with Gasteiger partial charge in [0.1, 0.15) is 5.15 Å². The quantitative estimate of drug-likeness (QED) is 0.784. The van der Waals surface area contributed by atoms with Crippen LogP contribution in [0.3, 0.4) is 0 Å². The van der Waals surface area contributed by atoms with Crippen LogP contribution in [0.15, 0.2) is 24.4 Å². The highest BCUT2D eigenvalue weighted by Crippen LogP contribution is 2.22. The minimum atomic E-state index is 0.559. The van der Waals surface area contributed by atoms with Crippen molar-refractivity contribution in [3.63, 3.8) is 0 Å². The van der Waals surface area contributed by atoms with Gasteiger partial charge in [0.15, 0.2) is 0 Å². The van der Waals surface area contributed by atoms with Crippen molar-refractivity contribution in [3.05, 3.63) is 35.1 Å². The Labute approximate surface area is 114 Å². The number of piperazine rings is 1. The van der Waals surface area contributed by atoms with Crippen LogP contribution in [-0.4, -0.2) is 48.0 Å². The zero-order valence-corrected chi connectivity index (χ0v) is 11.8. The van der Waals surface area contributed by atoms with Crippen LogP contribution in [0.25, 0.3) is 5.70 Å². The van der Waals surface area contributed by atoms with E-state index in [4.69, 9.17) is 11.6 Å². The minimum Gasteiger partial charge on any atom is -0.369 e. The van der Waals surface area contributed by atoms with Gasteiger partial charge in [0.05, 0.1) is 0 Å². The van der Waals surface area contributed by atoms with Crippen LogP contribution in [0.1, 0.15) is 18.9 Å². The number of nitrogens with zero attached hydrogens (tertiary/aromatic N) is 3. The SMILES string of the molecule is CCC=C(c1ccnc(Cl)c1)N1CCN(C)CC1. The van der Waals surface area contributed by atoms with Gasteiger partial charge >= 0.3 is 0 Å². The van der Waals surface area contributed by atoms with Crippen molar-refractivity contribution in [1.82, 2.24) is 14.8 Å². The number of hydrogen-bond donors (Lipinski definition) is 0. The summed E-state index contributed by atoms with van der Waals surface area (Å²) < 4.78 is 0. The molecule has 2 rings (SSSR count). The summed E-state index contributed by atoms with van der Waals surface area (Å²) in [6.07, 6.45) is 5.08. The molecule has 18 heavy (non-hydrogen) atoms. The second kappa shape index (κ2) is 6.21. The normalized spacial score (nSPS) is 18.2. The summed E-state index contributed by atoms with van der Waals surface area (Å²) in [5.41, 5.74) is 2.45. The Hall–Kier alpha value is -1.06. The average Bonchev–Trinajstić information content (AvgIpc) is 2.37. The molecule has 0 N–H and O–H groups in total. The van der Waals surface area contributed by atoms with Crippen molar-refractivity contribution in [3.8, 4) is 0 Å². The molecule has 2 heterocycles. The van der Waals surface area contributed by atoms with Crippen molar-refractivity contribution < 1.29 is 0 Å². The maximum atomic E-state index is 5.99. The first kappa shape index (κ1) is 13.4. The zero-order valence-electron chi connectivity index (χ0n) is 11.1. The Morgan fingerprint density at radius 3 is 2.72 bits per heavy atom. The molecule has 0 spiro atoms. The van der Waals surface area contributed by atoms with Gasteiger partial charge in [-0.15, -0.1) is 0 Å². The molecule has 0 atom stereocenters. The fourth-order valence-electron chi connectivity index (χ4n) is 2.23. The topological polar surface area (TPSA) is 19.4 Å². The van der Waals surface area contributed by atoms with E-state index in [2.05, 4.69) is 34.8 Å². The molecule has 0 bridgehead atoms. The highest BCUT2D eigenvalue weighted by atomic mass is 35.5. The summed E-state index contributed by atoms with van der Waals surface area (Å²) in [7, 11) is 2.17. The number of pyridine rings is 1. The van der Waals surface area contributed by atoms with Crippen LogP contribution in [0.2, 0.25) is 5.15 Å². The lowest BCUT2D eigenvalue weighted by atomic mass is 10.1. The minimum absolute atomic E-state index is 0.559. The molecule has 1 aliphatic rings. The molecule has 1 aliphatic heterocycles. The van der Waals surface area contributed by atoms with Crippen molar-refractivity contribution in [1.29, 1.82) is 0 Å². The van der Waals surface area contributed by atoms with Gasteiger partial charge in [0.2, 0.25) is 0 Å². The van der Waals surface area contributed by atoms with Gasteiger partial charge in [-0.2, -0.15) is 0 Å². The number of allylic oxidation sites excluding steroid dienone is 1. The molecule has 0 aliphatic carbocycles. The lowest BCUT2D eigenvalue weighted by Crippen LogP contribution is -2.43. The summed E-state index contributed by atoms with van der Waals surface area (Å²) in [4.78, 5) is 8.85. The molecule has 98 valence electrons. The molecule has 3 nitrogen and oxygen atoms in total. The first-order valence-corrected chi connectivity index (χ1v) is 6.84. The smallest absolute Gasteiger partial charge is 0.129 e. The van der Waals surface area contributed by atoms with E-state index in [9.17, 15) is 0 Å². The number of aromatic nitrogens is 1. The summed E-state index contributed by atoms with van der Waals surface area (Å²) in [6.45, 7) is 6.53. The Morgan fingerprint density at radius 1 is 1.39 bits per heavy atom. The Morgan fingerprint density at radius 2 is 2.11 bits per heavy atom. The maximum Gasteiger partial charge on any atom is 0.129 e. The molecular weight excluding hydrogens is 246 g/mol. The van der Waals surface area contributed by atoms with Gasteiger partial charge in [-0.25, -0.2) is 4.98 Å². The van der Waals surface area contributed by atoms with E-state index in [-0.39, 0.29) is 0 Å². The van der Waals surface area contributed by atoms with Crippen LogP contribution in [-0.2, 0) is 0 Å². The highest BCUT2D eigenvalue weighted by molar-refractivity contribution is 6.29. The summed E-state index contributed by atoms with van der Waals surface area (Å²) >= 11 is 5.99. The molecule has 1 fully saturated rings. The van der Waals surface area contributed by atoms with E-state index in [1.165, 1.54) is 11.3 Å². The Balaban J connectivity index is 2.21. The second-order valence-corrected chi connectivity index (χ2v) is 5.04. The molecule has 4 heteroatoms. The number of hydrogen-bond acceptors (Lipinski definition) is 3. The molecule has 1 aromatic rings. The van der Waals surface area contributed by atoms with E-state index in [0.29, 0.717) is 5.15 Å². The predicted octanol–water partition coefficient (Wildman–Crippen LogP) is 2.73. The van der Waals surface area contributed by atoms with Crippen LogP contribution < -0.4 is 0 Å². The predicted molar refractivity (Wildman–Crippen MR) is 76.6 cm³/mol. The number of likely N-dealkylation sites (N-methyl/N-ethyl adjacent to an activating group) is 1. The van der Waals surface area contributed by atoms with Crippen molar-refractivity contribution in [2.45, 2.75) is 13.3 Å². The third kappa shape index (κ3) is 3.24. The molecule has 0 aromatic carbocycles. The van der Waals surface area contributed by atoms with Gasteiger partial charge in [0.25, 0.3) is 0 Å². The molecule has 0 radical (unpaired) electrons. The number of halogens is 1. The van der Waals surface area contributed by atoms with E-state index in [1.807, 2.05) is 12.1 Å². The Bertz CT molecular complexity index is 423. The summed E-state index contributed by atoms with van der Waals surface area (Å²) in [6, 6.07) is 3.98. The third-order valence-corrected chi connectivity index (χ3v) is 3.47. The van der Waals surface area contributed by atoms with Crippen molar-refractivity contribution in [2.75, 3.05) is 33.2 Å². The lowest BCUT2D eigenvalue weighted by Gasteiger charge is -2.35. The summed E-state index contributed by atoms with van der Waals surface area (Å²) in [5.74, 6) is 0. The lowest BCUT2D eigenvalue weighted by molar-refractivity contribution is 0.207. The monoisotopic (exact) mass is 265 g/mol. The average molecular weight is 266 g/mol. The van der Waals surface area contributed by atoms with Gasteiger partial charge in [0, 0.05) is 43.6 Å². The van der Waals surface area contributed by atoms with E-state index >= 15 is 0 Å². The van der Waals surface area contributed by atoms with Crippen LogP contribution in [0.4, 0.5) is 0 Å². The zero-order chi connectivity index (χ0) is 13.0. The largest absolute Gasteiger partial charge is 0.369 e.